The Morgan fingerprint density at radius 1 is 0.400 bits per heavy atom. The summed E-state index contributed by atoms with van der Waals surface area (Å²) in [5.74, 6) is 0. The Kier molecular flexibility index (Phi) is 5.07. The molecule has 6 aromatic rings. The van der Waals surface area contributed by atoms with Gasteiger partial charge in [0.25, 0.3) is 0 Å². The van der Waals surface area contributed by atoms with E-state index < -0.39 is 0 Å². The normalized spacial score (nSPS) is 11.3. The van der Waals surface area contributed by atoms with Gasteiger partial charge in [-0.15, -0.1) is 68.0 Å². The fourth-order valence-corrected chi connectivity index (χ4v) is 9.38. The van der Waals surface area contributed by atoms with Crippen LogP contribution in [0.2, 0.25) is 0 Å². The molecule has 0 nitrogen and oxygen atoms in total. The minimum atomic E-state index is 1.34. The van der Waals surface area contributed by atoms with E-state index in [1.807, 2.05) is 68.0 Å². The van der Waals surface area contributed by atoms with Gasteiger partial charge in [-0.05, 0) is 57.2 Å². The lowest BCUT2D eigenvalue weighted by Gasteiger charge is -2.07. The van der Waals surface area contributed by atoms with E-state index in [0.29, 0.717) is 0 Å². The van der Waals surface area contributed by atoms with Crippen molar-refractivity contribution in [2.75, 3.05) is 0 Å². The SMILES string of the molecule is c1csc(-c2ccsc2-c2sc(-c3cccs3)c(-c3cccs3)c2-c2cccs2)c1. The molecule has 0 aliphatic rings. The molecule has 6 rings (SSSR count). The van der Waals surface area contributed by atoms with E-state index in [4.69, 9.17) is 0 Å². The van der Waals surface area contributed by atoms with Crippen LogP contribution in [0, 0.1) is 0 Å². The smallest absolute Gasteiger partial charge is 0.0549 e. The van der Waals surface area contributed by atoms with Crippen molar-refractivity contribution in [3.63, 3.8) is 0 Å². The average molecular weight is 495 g/mol. The summed E-state index contributed by atoms with van der Waals surface area (Å²) in [7, 11) is 0. The monoisotopic (exact) mass is 494 g/mol. The van der Waals surface area contributed by atoms with Crippen molar-refractivity contribution in [3.05, 3.63) is 81.5 Å². The van der Waals surface area contributed by atoms with Crippen LogP contribution in [0.4, 0.5) is 0 Å². The van der Waals surface area contributed by atoms with Gasteiger partial charge in [-0.1, -0.05) is 24.3 Å². The second kappa shape index (κ2) is 8.04. The standard InChI is InChI=1S/C24H14S6/c1-5-16(25-10-1)15-9-14-29-22(15)24-21(18-7-3-12-27-18)20(17-6-2-11-26-17)23(30-24)19-8-4-13-28-19/h1-14H. The first kappa shape index (κ1) is 18.9. The summed E-state index contributed by atoms with van der Waals surface area (Å²) in [6.07, 6.45) is 0. The maximum Gasteiger partial charge on any atom is 0.0549 e. The number of hydrogen-bond acceptors (Lipinski definition) is 6. The Morgan fingerprint density at radius 2 is 0.933 bits per heavy atom. The first-order valence-corrected chi connectivity index (χ1v) is 14.5. The molecule has 30 heavy (non-hydrogen) atoms. The molecule has 6 heteroatoms. The summed E-state index contributed by atoms with van der Waals surface area (Å²) in [5, 5.41) is 11.0. The Bertz CT molecular complexity index is 1360. The molecule has 0 atom stereocenters. The van der Waals surface area contributed by atoms with Gasteiger partial charge >= 0.3 is 0 Å². The average Bonchev–Trinajstić information content (AvgIpc) is 3.61. The lowest BCUT2D eigenvalue weighted by molar-refractivity contribution is 1.81. The fraction of sp³-hybridized carbons (Fsp3) is 0. The Labute approximate surface area is 199 Å². The van der Waals surface area contributed by atoms with Crippen molar-refractivity contribution in [1.29, 1.82) is 0 Å². The molecule has 0 aliphatic heterocycles. The molecule has 0 spiro atoms. The van der Waals surface area contributed by atoms with Gasteiger partial charge in [-0.2, -0.15) is 0 Å². The highest BCUT2D eigenvalue weighted by atomic mass is 32.1. The van der Waals surface area contributed by atoms with Gasteiger partial charge in [0, 0.05) is 36.2 Å². The van der Waals surface area contributed by atoms with Crippen molar-refractivity contribution >= 4 is 68.0 Å². The Morgan fingerprint density at radius 3 is 1.50 bits per heavy atom. The third-order valence-corrected chi connectivity index (χ3v) is 10.8. The molecule has 6 heterocycles. The minimum Gasteiger partial charge on any atom is -0.144 e. The molecular formula is C24H14S6. The van der Waals surface area contributed by atoms with E-state index in [2.05, 4.69) is 81.5 Å². The van der Waals surface area contributed by atoms with Gasteiger partial charge in [0.15, 0.2) is 0 Å². The minimum absolute atomic E-state index is 1.34. The van der Waals surface area contributed by atoms with Crippen LogP contribution in [0.25, 0.3) is 50.8 Å². The summed E-state index contributed by atoms with van der Waals surface area (Å²) in [4.78, 5) is 9.54. The number of hydrogen-bond donors (Lipinski definition) is 0. The summed E-state index contributed by atoms with van der Waals surface area (Å²) in [6.45, 7) is 0. The van der Waals surface area contributed by atoms with Crippen LogP contribution >= 0.6 is 68.0 Å². The van der Waals surface area contributed by atoms with Gasteiger partial charge in [0.05, 0.1) is 14.6 Å². The van der Waals surface area contributed by atoms with E-state index in [9.17, 15) is 0 Å². The van der Waals surface area contributed by atoms with Gasteiger partial charge in [-0.3, -0.25) is 0 Å². The molecule has 0 aliphatic carbocycles. The van der Waals surface area contributed by atoms with Crippen molar-refractivity contribution in [1.82, 2.24) is 0 Å². The number of rotatable bonds is 5. The first-order valence-electron chi connectivity index (χ1n) is 9.30. The Hall–Kier alpha value is -1.80. The number of thiophene rings is 6. The third-order valence-electron chi connectivity index (χ3n) is 4.85. The zero-order valence-electron chi connectivity index (χ0n) is 15.5. The topological polar surface area (TPSA) is 0 Å². The summed E-state index contributed by atoms with van der Waals surface area (Å²) >= 11 is 11.1. The van der Waals surface area contributed by atoms with E-state index in [-0.39, 0.29) is 0 Å². The van der Waals surface area contributed by atoms with Crippen LogP contribution in [-0.4, -0.2) is 0 Å². The van der Waals surface area contributed by atoms with Gasteiger partial charge in [-0.25, -0.2) is 0 Å². The zero-order chi connectivity index (χ0) is 19.9. The van der Waals surface area contributed by atoms with Gasteiger partial charge in [0.1, 0.15) is 0 Å². The second-order valence-electron chi connectivity index (χ2n) is 6.58. The highest BCUT2D eigenvalue weighted by molar-refractivity contribution is 7.28. The third kappa shape index (κ3) is 3.19. The van der Waals surface area contributed by atoms with Crippen LogP contribution in [0.15, 0.2) is 81.5 Å². The zero-order valence-corrected chi connectivity index (χ0v) is 20.4. The van der Waals surface area contributed by atoms with Gasteiger partial charge in [0.2, 0.25) is 0 Å². The second-order valence-corrected chi connectivity index (χ2v) is 12.3. The predicted molar refractivity (Wildman–Crippen MR) is 141 cm³/mol. The molecule has 0 fully saturated rings. The highest BCUT2D eigenvalue weighted by Crippen LogP contribution is 2.56. The molecular weight excluding hydrogens is 481 g/mol. The molecule has 146 valence electrons. The fourth-order valence-electron chi connectivity index (χ4n) is 3.60. The molecule has 0 radical (unpaired) electrons. The molecule has 0 bridgehead atoms. The van der Waals surface area contributed by atoms with Crippen LogP contribution in [-0.2, 0) is 0 Å². The Balaban J connectivity index is 1.69. The highest BCUT2D eigenvalue weighted by Gasteiger charge is 2.26. The predicted octanol–water partition coefficient (Wildman–Crippen LogP) is 10.4. The molecule has 0 amide bonds. The largest absolute Gasteiger partial charge is 0.144 e. The van der Waals surface area contributed by atoms with Crippen LogP contribution in [0.3, 0.4) is 0 Å². The van der Waals surface area contributed by atoms with E-state index in [1.54, 1.807) is 0 Å². The molecule has 0 N–H and O–H groups in total. The molecule has 0 saturated heterocycles. The molecule has 0 aromatic carbocycles. The van der Waals surface area contributed by atoms with E-state index in [0.717, 1.165) is 0 Å². The van der Waals surface area contributed by atoms with Crippen molar-refractivity contribution < 1.29 is 0 Å². The lowest BCUT2D eigenvalue weighted by atomic mass is 10.0. The van der Waals surface area contributed by atoms with Crippen LogP contribution < -0.4 is 0 Å². The molecule has 0 unspecified atom stereocenters. The molecule has 6 aromatic heterocycles. The summed E-state index contributed by atoms with van der Waals surface area (Å²) in [5.41, 5.74) is 4.13. The lowest BCUT2D eigenvalue weighted by Crippen LogP contribution is -1.80. The van der Waals surface area contributed by atoms with Crippen LogP contribution in [0.5, 0.6) is 0 Å². The van der Waals surface area contributed by atoms with Crippen LogP contribution in [0.1, 0.15) is 0 Å². The van der Waals surface area contributed by atoms with Crippen molar-refractivity contribution in [3.8, 4) is 50.8 Å². The summed E-state index contributed by atoms with van der Waals surface area (Å²) < 4.78 is 0. The quantitative estimate of drug-likeness (QED) is 0.223. The maximum atomic E-state index is 2.28. The van der Waals surface area contributed by atoms with Crippen molar-refractivity contribution in [2.45, 2.75) is 0 Å². The van der Waals surface area contributed by atoms with E-state index in [1.165, 1.54) is 50.8 Å². The first-order chi connectivity index (χ1) is 14.9. The van der Waals surface area contributed by atoms with Gasteiger partial charge < -0.3 is 0 Å². The summed E-state index contributed by atoms with van der Waals surface area (Å²) in [6, 6.07) is 19.9. The van der Waals surface area contributed by atoms with Crippen molar-refractivity contribution in [2.24, 2.45) is 0 Å². The molecule has 0 saturated carbocycles. The van der Waals surface area contributed by atoms with E-state index >= 15 is 0 Å². The maximum absolute atomic E-state index is 2.28.